The Balaban J connectivity index is 0.00000289. The van der Waals surface area contributed by atoms with Gasteiger partial charge >= 0.3 is 0 Å². The summed E-state index contributed by atoms with van der Waals surface area (Å²) >= 11 is 5.95. The molecule has 32 heavy (non-hydrogen) atoms. The van der Waals surface area contributed by atoms with Gasteiger partial charge in [-0.3, -0.25) is 9.59 Å². The Bertz CT molecular complexity index is 1080. The lowest BCUT2D eigenvalue weighted by Gasteiger charge is -2.26. The summed E-state index contributed by atoms with van der Waals surface area (Å²) in [6.07, 6.45) is 0.131. The molecule has 0 spiro atoms. The van der Waals surface area contributed by atoms with Crippen LogP contribution in [0.15, 0.2) is 115 Å². The Kier molecular flexibility index (Phi) is 8.15. The van der Waals surface area contributed by atoms with Crippen molar-refractivity contribution in [3.8, 4) is 0 Å². The molecule has 0 bridgehead atoms. The van der Waals surface area contributed by atoms with Crippen molar-refractivity contribution in [1.82, 2.24) is 0 Å². The third-order valence-corrected chi connectivity index (χ3v) is 9.88. The molecule has 0 unspecified atom stereocenters. The van der Waals surface area contributed by atoms with E-state index in [2.05, 4.69) is 36.4 Å². The Hall–Kier alpha value is -2.58. The Morgan fingerprint density at radius 3 is 1.34 bits per heavy atom. The highest BCUT2D eigenvalue weighted by Gasteiger charge is 2.48. The molecule has 0 aliphatic heterocycles. The highest BCUT2D eigenvalue weighted by atomic mass is 79.9. The van der Waals surface area contributed by atoms with Crippen LogP contribution in [0.3, 0.4) is 0 Å². The number of hydrogen-bond acceptors (Lipinski definition) is 2. The number of carbonyl (C=O) groups excluding carboxylic acids is 2. The first-order valence-electron chi connectivity index (χ1n) is 9.99. The van der Waals surface area contributed by atoms with Gasteiger partial charge in [0, 0.05) is 10.6 Å². The van der Waals surface area contributed by atoms with Crippen molar-refractivity contribution in [2.75, 3.05) is 6.16 Å². The van der Waals surface area contributed by atoms with Crippen molar-refractivity contribution < 1.29 is 26.6 Å². The van der Waals surface area contributed by atoms with Crippen LogP contribution in [0.5, 0.6) is 0 Å². The Morgan fingerprint density at radius 2 is 0.969 bits per heavy atom. The molecule has 0 saturated carbocycles. The summed E-state index contributed by atoms with van der Waals surface area (Å²) in [7, 11) is -2.39. The lowest BCUT2D eigenvalue weighted by Crippen LogP contribution is -3.00. The summed E-state index contributed by atoms with van der Waals surface area (Å²) in [5.41, 5.74) is 0.363. The van der Waals surface area contributed by atoms with Crippen LogP contribution in [-0.2, 0) is 4.79 Å². The van der Waals surface area contributed by atoms with Crippen molar-refractivity contribution in [2.45, 2.75) is 0 Å². The minimum Gasteiger partial charge on any atom is -1.00 e. The van der Waals surface area contributed by atoms with Crippen LogP contribution >= 0.6 is 18.9 Å². The Morgan fingerprint density at radius 1 is 0.594 bits per heavy atom. The molecule has 0 fully saturated rings. The summed E-state index contributed by atoms with van der Waals surface area (Å²) in [6.45, 7) is 0. The van der Waals surface area contributed by atoms with E-state index in [9.17, 15) is 9.59 Å². The molecule has 4 aromatic rings. The van der Waals surface area contributed by atoms with Gasteiger partial charge < -0.3 is 17.0 Å². The van der Waals surface area contributed by atoms with Gasteiger partial charge in [-0.25, -0.2) is 0 Å². The molecule has 0 saturated heterocycles. The molecule has 4 rings (SSSR count). The molecule has 0 aromatic heterocycles. The average Bonchev–Trinajstić information content (AvgIpc) is 2.84. The van der Waals surface area contributed by atoms with E-state index in [1.54, 1.807) is 24.3 Å². The number of benzene rings is 4. The predicted octanol–water partition coefficient (Wildman–Crippen LogP) is 2.09. The number of carbonyl (C=O) groups is 2. The molecule has 0 aliphatic carbocycles. The van der Waals surface area contributed by atoms with Crippen molar-refractivity contribution in [2.24, 2.45) is 0 Å². The zero-order valence-electron chi connectivity index (χ0n) is 17.2. The molecular formula is C27H21BrClO2P. The van der Waals surface area contributed by atoms with Gasteiger partial charge in [-0.1, -0.05) is 66.2 Å². The van der Waals surface area contributed by atoms with Gasteiger partial charge in [-0.05, 0) is 60.7 Å². The lowest BCUT2D eigenvalue weighted by molar-refractivity contribution is -0.112. The summed E-state index contributed by atoms with van der Waals surface area (Å²) in [5, 5.41) is 3.75. The van der Waals surface area contributed by atoms with Crippen molar-refractivity contribution in [3.05, 3.63) is 126 Å². The van der Waals surface area contributed by atoms with Crippen LogP contribution in [0, 0.1) is 0 Å². The van der Waals surface area contributed by atoms with Crippen LogP contribution in [0.1, 0.15) is 10.4 Å². The number of Topliss-reactive ketones (excluding diaryl/α,β-unsaturated/α-hetero) is 2. The zero-order chi connectivity index (χ0) is 21.7. The number of ketones is 2. The van der Waals surface area contributed by atoms with Crippen LogP contribution in [-0.4, -0.2) is 17.7 Å². The van der Waals surface area contributed by atoms with E-state index in [1.165, 1.54) is 0 Å². The fourth-order valence-corrected chi connectivity index (χ4v) is 8.00. The third kappa shape index (κ3) is 4.91. The molecule has 0 N–H and O–H groups in total. The fourth-order valence-electron chi connectivity index (χ4n) is 3.82. The summed E-state index contributed by atoms with van der Waals surface area (Å²) < 4.78 is 0. The number of rotatable bonds is 7. The molecule has 2 nitrogen and oxygen atoms in total. The minimum atomic E-state index is -2.39. The molecule has 0 radical (unpaired) electrons. The first-order valence-corrected chi connectivity index (χ1v) is 12.3. The molecular weight excluding hydrogens is 503 g/mol. The maximum Gasteiger partial charge on any atom is 0.241 e. The van der Waals surface area contributed by atoms with Gasteiger partial charge in [0.2, 0.25) is 11.6 Å². The van der Waals surface area contributed by atoms with Crippen molar-refractivity contribution in [1.29, 1.82) is 0 Å². The maximum absolute atomic E-state index is 13.4. The largest absolute Gasteiger partial charge is 1.00 e. The third-order valence-electron chi connectivity index (χ3n) is 5.33. The van der Waals surface area contributed by atoms with Crippen molar-refractivity contribution in [3.63, 3.8) is 0 Å². The predicted molar refractivity (Wildman–Crippen MR) is 131 cm³/mol. The van der Waals surface area contributed by atoms with Gasteiger partial charge in [-0.2, -0.15) is 0 Å². The van der Waals surface area contributed by atoms with E-state index in [4.69, 9.17) is 11.6 Å². The van der Waals surface area contributed by atoms with Crippen LogP contribution < -0.4 is 32.9 Å². The van der Waals surface area contributed by atoms with Gasteiger partial charge in [-0.15, -0.1) is 0 Å². The Labute approximate surface area is 204 Å². The van der Waals surface area contributed by atoms with Crippen LogP contribution in [0.2, 0.25) is 5.02 Å². The second-order valence-electron chi connectivity index (χ2n) is 7.23. The zero-order valence-corrected chi connectivity index (χ0v) is 20.4. The maximum atomic E-state index is 13.4. The highest BCUT2D eigenvalue weighted by Crippen LogP contribution is 2.55. The van der Waals surface area contributed by atoms with Crippen LogP contribution in [0.4, 0.5) is 0 Å². The second kappa shape index (κ2) is 10.8. The quantitative estimate of drug-likeness (QED) is 0.211. The van der Waals surface area contributed by atoms with Gasteiger partial charge in [0.1, 0.15) is 29.3 Å². The van der Waals surface area contributed by atoms with E-state index in [0.29, 0.717) is 10.6 Å². The fraction of sp³-hybridized carbons (Fsp3) is 0.0370. The first-order chi connectivity index (χ1) is 15.1. The number of halogens is 2. The molecule has 160 valence electrons. The molecule has 5 heteroatoms. The second-order valence-corrected chi connectivity index (χ2v) is 11.2. The standard InChI is InChI=1S/C27H21ClO2P.BrH/c28-22-18-16-21(17-19-22)27(30)26(29)20-31(23-10-4-1-5-11-23,24-12-6-2-7-13-24)25-14-8-3-9-15-25;/h1-19H,20H2;1H/q+1;/p-1. The normalized spacial score (nSPS) is 10.8. The molecule has 4 aromatic carbocycles. The average molecular weight is 524 g/mol. The summed E-state index contributed by atoms with van der Waals surface area (Å²) in [6, 6.07) is 36.7. The summed E-state index contributed by atoms with van der Waals surface area (Å²) in [5.74, 6) is -0.879. The highest BCUT2D eigenvalue weighted by molar-refractivity contribution is 7.96. The SMILES string of the molecule is O=C(C[P+](c1ccccc1)(c1ccccc1)c1ccccc1)C(=O)c1ccc(Cl)cc1.[Br-]. The van der Waals surface area contributed by atoms with E-state index in [0.717, 1.165) is 15.9 Å². The minimum absolute atomic E-state index is 0. The smallest absolute Gasteiger partial charge is 0.241 e. The molecule has 0 heterocycles. The van der Waals surface area contributed by atoms with Crippen LogP contribution in [0.25, 0.3) is 0 Å². The number of hydrogen-bond donors (Lipinski definition) is 0. The van der Waals surface area contributed by atoms with Gasteiger partial charge in [0.25, 0.3) is 0 Å². The topological polar surface area (TPSA) is 34.1 Å². The van der Waals surface area contributed by atoms with Gasteiger partial charge in [0.05, 0.1) is 0 Å². The lowest BCUT2D eigenvalue weighted by atomic mass is 10.1. The van der Waals surface area contributed by atoms with Crippen molar-refractivity contribution >= 4 is 46.3 Å². The molecule has 0 amide bonds. The monoisotopic (exact) mass is 522 g/mol. The van der Waals surface area contributed by atoms with E-state index in [-0.39, 0.29) is 23.1 Å². The molecule has 0 atom stereocenters. The summed E-state index contributed by atoms with van der Waals surface area (Å²) in [4.78, 5) is 26.5. The first kappa shape index (κ1) is 24.1. The molecule has 0 aliphatic rings. The van der Waals surface area contributed by atoms with E-state index in [1.807, 2.05) is 54.6 Å². The van der Waals surface area contributed by atoms with Gasteiger partial charge in [0.15, 0.2) is 0 Å². The van der Waals surface area contributed by atoms with E-state index >= 15 is 0 Å². The van der Waals surface area contributed by atoms with E-state index < -0.39 is 18.8 Å².